The molecule has 0 radical (unpaired) electrons. The maximum absolute atomic E-state index is 5.60. The van der Waals surface area contributed by atoms with Gasteiger partial charge in [0.15, 0.2) is 0 Å². The minimum atomic E-state index is 0.692. The Kier molecular flexibility index (Phi) is 4.01. The molecule has 2 aromatic rings. The summed E-state index contributed by atoms with van der Waals surface area (Å²) in [6, 6.07) is 19.1. The van der Waals surface area contributed by atoms with Crippen LogP contribution >= 0.6 is 0 Å². The SMILES string of the molecule is C#CN(C#C)c1ccc(N=Nc2ccc(N)cc2)cc1. The van der Waals surface area contributed by atoms with Crippen molar-refractivity contribution in [1.29, 1.82) is 0 Å². The lowest BCUT2D eigenvalue weighted by atomic mass is 10.3. The molecule has 0 amide bonds. The molecule has 0 spiro atoms. The van der Waals surface area contributed by atoms with Crippen LogP contribution in [0.5, 0.6) is 0 Å². The maximum atomic E-state index is 5.60. The zero-order valence-electron chi connectivity index (χ0n) is 10.7. The van der Waals surface area contributed by atoms with Gasteiger partial charge in [0.05, 0.1) is 17.1 Å². The van der Waals surface area contributed by atoms with E-state index in [0.717, 1.165) is 11.4 Å². The molecule has 96 valence electrons. The Bertz CT molecular complexity index is 671. The van der Waals surface area contributed by atoms with Crippen molar-refractivity contribution in [1.82, 2.24) is 0 Å². The molecule has 0 aliphatic rings. The van der Waals surface area contributed by atoms with Gasteiger partial charge in [0, 0.05) is 17.8 Å². The molecule has 0 aromatic heterocycles. The number of hydrogen-bond donors (Lipinski definition) is 1. The van der Waals surface area contributed by atoms with Crippen molar-refractivity contribution in [3.8, 4) is 24.9 Å². The molecule has 0 heterocycles. The maximum Gasteiger partial charge on any atom is 0.0858 e. The van der Waals surface area contributed by atoms with Gasteiger partial charge in [-0.15, -0.1) is 0 Å². The van der Waals surface area contributed by atoms with Gasteiger partial charge in [-0.3, -0.25) is 0 Å². The predicted molar refractivity (Wildman–Crippen MR) is 81.6 cm³/mol. The molecule has 0 unspecified atom stereocenters. The van der Waals surface area contributed by atoms with E-state index in [1.807, 2.05) is 0 Å². The van der Waals surface area contributed by atoms with Crippen LogP contribution in [0.4, 0.5) is 22.7 Å². The summed E-state index contributed by atoms with van der Waals surface area (Å²) >= 11 is 0. The number of azo groups is 1. The Morgan fingerprint density at radius 2 is 1.25 bits per heavy atom. The van der Waals surface area contributed by atoms with E-state index >= 15 is 0 Å². The summed E-state index contributed by atoms with van der Waals surface area (Å²) in [6.45, 7) is 0. The number of terminal acetylenes is 2. The van der Waals surface area contributed by atoms with E-state index in [1.54, 1.807) is 48.5 Å². The molecule has 2 N–H and O–H groups in total. The largest absolute Gasteiger partial charge is 0.399 e. The highest BCUT2D eigenvalue weighted by atomic mass is 15.1. The average Bonchev–Trinajstić information content (AvgIpc) is 2.49. The van der Waals surface area contributed by atoms with Crippen LogP contribution in [0.2, 0.25) is 0 Å². The monoisotopic (exact) mass is 260 g/mol. The van der Waals surface area contributed by atoms with Gasteiger partial charge in [0.1, 0.15) is 0 Å². The molecular formula is C16H12N4. The van der Waals surface area contributed by atoms with Crippen LogP contribution in [0.15, 0.2) is 58.8 Å². The van der Waals surface area contributed by atoms with Crippen molar-refractivity contribution in [3.63, 3.8) is 0 Å². The third-order valence-corrected chi connectivity index (χ3v) is 2.54. The number of hydrogen-bond acceptors (Lipinski definition) is 4. The van der Waals surface area contributed by atoms with Crippen molar-refractivity contribution in [2.45, 2.75) is 0 Å². The fourth-order valence-corrected chi connectivity index (χ4v) is 1.51. The van der Waals surface area contributed by atoms with Crippen LogP contribution < -0.4 is 10.6 Å². The lowest BCUT2D eigenvalue weighted by Crippen LogP contribution is -2.06. The summed E-state index contributed by atoms with van der Waals surface area (Å²) < 4.78 is 0. The molecule has 4 nitrogen and oxygen atoms in total. The molecule has 20 heavy (non-hydrogen) atoms. The summed E-state index contributed by atoms with van der Waals surface area (Å²) in [4.78, 5) is 1.35. The highest BCUT2D eigenvalue weighted by Crippen LogP contribution is 2.22. The van der Waals surface area contributed by atoms with Gasteiger partial charge >= 0.3 is 0 Å². The molecule has 0 aliphatic carbocycles. The van der Waals surface area contributed by atoms with Crippen molar-refractivity contribution in [3.05, 3.63) is 48.5 Å². The first-order chi connectivity index (χ1) is 9.72. The Morgan fingerprint density at radius 1 is 0.800 bits per heavy atom. The molecule has 4 heteroatoms. The molecule has 0 saturated carbocycles. The number of anilines is 2. The van der Waals surface area contributed by atoms with E-state index in [-0.39, 0.29) is 0 Å². The van der Waals surface area contributed by atoms with E-state index in [4.69, 9.17) is 18.6 Å². The van der Waals surface area contributed by atoms with Gasteiger partial charge in [-0.2, -0.15) is 10.2 Å². The molecule has 0 saturated heterocycles. The number of nitrogens with two attached hydrogens (primary N) is 1. The fraction of sp³-hybridized carbons (Fsp3) is 0. The van der Waals surface area contributed by atoms with Gasteiger partial charge in [0.25, 0.3) is 0 Å². The van der Waals surface area contributed by atoms with E-state index in [0.29, 0.717) is 11.4 Å². The second-order valence-corrected chi connectivity index (χ2v) is 3.90. The minimum absolute atomic E-state index is 0.692. The van der Waals surface area contributed by atoms with Crippen LogP contribution in [0.1, 0.15) is 0 Å². The van der Waals surface area contributed by atoms with Crippen LogP contribution in [-0.2, 0) is 0 Å². The fourth-order valence-electron chi connectivity index (χ4n) is 1.51. The third kappa shape index (κ3) is 3.16. The second kappa shape index (κ2) is 6.08. The summed E-state index contributed by atoms with van der Waals surface area (Å²) in [5, 5.41) is 8.23. The number of nitrogen functional groups attached to an aromatic ring is 1. The summed E-state index contributed by atoms with van der Waals surface area (Å²) in [5.74, 6) is 0. The second-order valence-electron chi connectivity index (χ2n) is 3.90. The van der Waals surface area contributed by atoms with E-state index in [9.17, 15) is 0 Å². The molecule has 0 aliphatic heterocycles. The normalized spacial score (nSPS) is 9.90. The van der Waals surface area contributed by atoms with Crippen LogP contribution in [0.25, 0.3) is 0 Å². The summed E-state index contributed by atoms with van der Waals surface area (Å²) in [6.07, 6.45) is 10.6. The molecule has 0 fully saturated rings. The van der Waals surface area contributed by atoms with Gasteiger partial charge in [-0.05, 0) is 48.5 Å². The Morgan fingerprint density at radius 3 is 1.70 bits per heavy atom. The van der Waals surface area contributed by atoms with Gasteiger partial charge < -0.3 is 5.73 Å². The summed E-state index contributed by atoms with van der Waals surface area (Å²) in [7, 11) is 0. The lowest BCUT2D eigenvalue weighted by molar-refractivity contribution is 1.23. The Balaban J connectivity index is 2.13. The smallest absolute Gasteiger partial charge is 0.0858 e. The van der Waals surface area contributed by atoms with Crippen LogP contribution in [0.3, 0.4) is 0 Å². The average molecular weight is 260 g/mol. The summed E-state index contributed by atoms with van der Waals surface area (Å²) in [5.41, 5.74) is 8.47. The number of rotatable bonds is 3. The first-order valence-electron chi connectivity index (χ1n) is 5.83. The minimum Gasteiger partial charge on any atom is -0.399 e. The third-order valence-electron chi connectivity index (χ3n) is 2.54. The van der Waals surface area contributed by atoms with Gasteiger partial charge in [-0.25, -0.2) is 4.90 Å². The van der Waals surface area contributed by atoms with E-state index in [2.05, 4.69) is 22.3 Å². The first kappa shape index (κ1) is 13.2. The van der Waals surface area contributed by atoms with Crippen LogP contribution in [0, 0.1) is 24.9 Å². The van der Waals surface area contributed by atoms with Crippen molar-refractivity contribution in [2.75, 3.05) is 10.6 Å². The highest BCUT2D eigenvalue weighted by molar-refractivity contribution is 5.59. The first-order valence-corrected chi connectivity index (χ1v) is 5.83. The Labute approximate surface area is 117 Å². The Hall–Kier alpha value is -3.24. The van der Waals surface area contributed by atoms with Crippen molar-refractivity contribution < 1.29 is 0 Å². The van der Waals surface area contributed by atoms with Crippen molar-refractivity contribution in [2.24, 2.45) is 10.2 Å². The molecule has 0 atom stereocenters. The molecule has 0 bridgehead atoms. The molecule has 2 aromatic carbocycles. The molecular weight excluding hydrogens is 248 g/mol. The highest BCUT2D eigenvalue weighted by Gasteiger charge is 1.99. The zero-order chi connectivity index (χ0) is 14.4. The standard InChI is InChI=1S/C16H12N4/c1-3-20(4-2)16-11-9-15(10-12-16)19-18-14-7-5-13(17)6-8-14/h1-2,5-12H,17H2. The zero-order valence-corrected chi connectivity index (χ0v) is 10.7. The van der Waals surface area contributed by atoms with Crippen LogP contribution in [-0.4, -0.2) is 0 Å². The number of benzene rings is 2. The van der Waals surface area contributed by atoms with Gasteiger partial charge in [0.2, 0.25) is 0 Å². The van der Waals surface area contributed by atoms with E-state index in [1.165, 1.54) is 4.90 Å². The van der Waals surface area contributed by atoms with Gasteiger partial charge in [-0.1, -0.05) is 12.8 Å². The van der Waals surface area contributed by atoms with Crippen molar-refractivity contribution >= 4 is 22.7 Å². The molecule has 2 rings (SSSR count). The lowest BCUT2D eigenvalue weighted by Gasteiger charge is -2.08. The van der Waals surface area contributed by atoms with E-state index < -0.39 is 0 Å². The quantitative estimate of drug-likeness (QED) is 0.396. The topological polar surface area (TPSA) is 54.0 Å². The predicted octanol–water partition coefficient (Wildman–Crippen LogP) is 3.67. The number of nitrogens with zero attached hydrogens (tertiary/aromatic N) is 3.